The van der Waals surface area contributed by atoms with Crippen LogP contribution in [0, 0.1) is 5.41 Å². The number of nitrogens with one attached hydrogen (secondary N) is 1. The number of benzene rings is 1. The molecular formula is C18H24N2O2. The minimum atomic E-state index is -0.274. The van der Waals surface area contributed by atoms with Crippen LogP contribution in [-0.4, -0.2) is 24.8 Å². The molecule has 0 fully saturated rings. The fourth-order valence-corrected chi connectivity index (χ4v) is 2.63. The van der Waals surface area contributed by atoms with Gasteiger partial charge >= 0.3 is 5.97 Å². The lowest BCUT2D eigenvalue weighted by Crippen LogP contribution is -2.25. The third-order valence-electron chi connectivity index (χ3n) is 3.46. The van der Waals surface area contributed by atoms with Gasteiger partial charge in [0.05, 0.1) is 6.61 Å². The fraction of sp³-hybridized carbons (Fsp3) is 0.444. The number of nitrogens with zero attached hydrogens (tertiary/aromatic N) is 1. The second-order valence-electron chi connectivity index (χ2n) is 6.29. The molecule has 0 aromatic heterocycles. The summed E-state index contributed by atoms with van der Waals surface area (Å²) in [5, 5.41) is 3.44. The van der Waals surface area contributed by atoms with Gasteiger partial charge in [0, 0.05) is 17.1 Å². The van der Waals surface area contributed by atoms with Crippen LogP contribution < -0.4 is 5.32 Å². The Kier molecular flexibility index (Phi) is 5.36. The van der Waals surface area contributed by atoms with Crippen molar-refractivity contribution in [1.82, 2.24) is 0 Å². The van der Waals surface area contributed by atoms with Crippen molar-refractivity contribution in [2.75, 3.05) is 18.5 Å². The number of allylic oxidation sites excluding steroid dienone is 2. The number of carbonyl (C=O) groups is 1. The predicted octanol–water partition coefficient (Wildman–Crippen LogP) is 3.81. The molecule has 0 saturated heterocycles. The molecule has 4 heteroatoms. The maximum atomic E-state index is 11.5. The fourth-order valence-electron chi connectivity index (χ4n) is 2.63. The van der Waals surface area contributed by atoms with E-state index in [1.165, 1.54) is 0 Å². The maximum Gasteiger partial charge on any atom is 0.327 e. The summed E-state index contributed by atoms with van der Waals surface area (Å²) in [7, 11) is 0. The van der Waals surface area contributed by atoms with Crippen molar-refractivity contribution in [3.05, 3.63) is 42.1 Å². The Morgan fingerprint density at radius 1 is 1.27 bits per heavy atom. The molecule has 0 radical (unpaired) electrons. The first-order valence-corrected chi connectivity index (χ1v) is 7.70. The van der Waals surface area contributed by atoms with Crippen molar-refractivity contribution >= 4 is 17.4 Å². The average Bonchev–Trinajstić information content (AvgIpc) is 2.45. The van der Waals surface area contributed by atoms with E-state index >= 15 is 0 Å². The van der Waals surface area contributed by atoms with Crippen molar-refractivity contribution in [2.45, 2.75) is 33.6 Å². The molecule has 22 heavy (non-hydrogen) atoms. The minimum absolute atomic E-state index is 0.0916. The second-order valence-corrected chi connectivity index (χ2v) is 6.29. The van der Waals surface area contributed by atoms with E-state index in [2.05, 4.69) is 30.2 Å². The summed E-state index contributed by atoms with van der Waals surface area (Å²) in [5.41, 5.74) is 3.27. The molecule has 4 nitrogen and oxygen atoms in total. The van der Waals surface area contributed by atoms with Gasteiger partial charge in [-0.15, -0.1) is 0 Å². The van der Waals surface area contributed by atoms with Gasteiger partial charge in [-0.1, -0.05) is 32.0 Å². The monoisotopic (exact) mass is 300 g/mol. The summed E-state index contributed by atoms with van der Waals surface area (Å²) in [4.78, 5) is 15.9. The third-order valence-corrected chi connectivity index (χ3v) is 3.46. The van der Waals surface area contributed by atoms with Gasteiger partial charge < -0.3 is 10.1 Å². The highest BCUT2D eigenvalue weighted by molar-refractivity contribution is 5.98. The smallest absolute Gasteiger partial charge is 0.327 e. The predicted molar refractivity (Wildman–Crippen MR) is 90.1 cm³/mol. The summed E-state index contributed by atoms with van der Waals surface area (Å²) in [6.45, 7) is 6.72. The number of anilines is 1. The lowest BCUT2D eigenvalue weighted by Gasteiger charge is -2.31. The summed E-state index contributed by atoms with van der Waals surface area (Å²) < 4.78 is 4.93. The van der Waals surface area contributed by atoms with Crippen molar-refractivity contribution in [3.63, 3.8) is 0 Å². The van der Waals surface area contributed by atoms with Gasteiger partial charge in [0.25, 0.3) is 0 Å². The van der Waals surface area contributed by atoms with Crippen LogP contribution in [0.15, 0.2) is 47.1 Å². The van der Waals surface area contributed by atoms with Crippen LogP contribution >= 0.6 is 0 Å². The van der Waals surface area contributed by atoms with Crippen molar-refractivity contribution in [3.8, 4) is 0 Å². The number of aliphatic imine (C=N–C) groups is 1. The molecule has 0 atom stereocenters. The van der Waals surface area contributed by atoms with Crippen molar-refractivity contribution in [1.29, 1.82) is 0 Å². The van der Waals surface area contributed by atoms with Gasteiger partial charge in [0.2, 0.25) is 0 Å². The number of rotatable bonds is 5. The van der Waals surface area contributed by atoms with Crippen molar-refractivity contribution < 1.29 is 9.53 Å². The summed E-state index contributed by atoms with van der Waals surface area (Å²) in [5.74, 6) is -0.274. The molecule has 0 aliphatic heterocycles. The Labute approximate surface area is 132 Å². The quantitative estimate of drug-likeness (QED) is 0.841. The highest BCUT2D eigenvalue weighted by Gasteiger charge is 2.26. The van der Waals surface area contributed by atoms with Crippen LogP contribution in [0.4, 0.5) is 5.69 Å². The van der Waals surface area contributed by atoms with Crippen molar-refractivity contribution in [2.24, 2.45) is 10.4 Å². The van der Waals surface area contributed by atoms with E-state index in [0.29, 0.717) is 6.61 Å². The van der Waals surface area contributed by atoms with Gasteiger partial charge in [-0.2, -0.15) is 0 Å². The van der Waals surface area contributed by atoms with Gasteiger partial charge in [-0.05, 0) is 43.4 Å². The number of ether oxygens (including phenoxy) is 1. The standard InChI is InChI=1S/C18H24N2O2/c1-4-22-17(21)13-19-15-10-16(12-18(2,3)11-15)20-14-8-6-5-7-9-14/h5-10,20H,4,11-13H2,1-3H3. The number of hydrogen-bond acceptors (Lipinski definition) is 4. The lowest BCUT2D eigenvalue weighted by atomic mass is 9.78. The van der Waals surface area contributed by atoms with Crippen LogP contribution in [0.25, 0.3) is 0 Å². The molecule has 1 aliphatic rings. The van der Waals surface area contributed by atoms with E-state index in [9.17, 15) is 4.79 Å². The normalized spacial score (nSPS) is 18.7. The molecule has 118 valence electrons. The van der Waals surface area contributed by atoms with Crippen LogP contribution in [0.3, 0.4) is 0 Å². The lowest BCUT2D eigenvalue weighted by molar-refractivity contribution is -0.141. The first-order valence-electron chi connectivity index (χ1n) is 7.70. The molecule has 1 aromatic rings. The highest BCUT2D eigenvalue weighted by atomic mass is 16.5. The molecular weight excluding hydrogens is 276 g/mol. The van der Waals surface area contributed by atoms with Crippen LogP contribution in [0.2, 0.25) is 0 Å². The van der Waals surface area contributed by atoms with Gasteiger partial charge in [-0.3, -0.25) is 9.79 Å². The Balaban J connectivity index is 2.11. The first kappa shape index (κ1) is 16.3. The van der Waals surface area contributed by atoms with Gasteiger partial charge in [-0.25, -0.2) is 0 Å². The number of esters is 1. The molecule has 0 heterocycles. The van der Waals surface area contributed by atoms with Gasteiger partial charge in [0.15, 0.2) is 0 Å². The molecule has 0 saturated carbocycles. The molecule has 0 amide bonds. The molecule has 2 rings (SSSR count). The topological polar surface area (TPSA) is 50.7 Å². The summed E-state index contributed by atoms with van der Waals surface area (Å²) in [6, 6.07) is 10.1. The van der Waals surface area contributed by atoms with E-state index in [1.807, 2.05) is 30.3 Å². The van der Waals surface area contributed by atoms with Crippen LogP contribution in [0.5, 0.6) is 0 Å². The SMILES string of the molecule is CCOC(=O)CN=C1C=C(Nc2ccccc2)CC(C)(C)C1. The zero-order chi connectivity index (χ0) is 16.0. The second kappa shape index (κ2) is 7.25. The Morgan fingerprint density at radius 3 is 2.68 bits per heavy atom. The zero-order valence-electron chi connectivity index (χ0n) is 13.6. The molecule has 0 unspecified atom stereocenters. The summed E-state index contributed by atoms with van der Waals surface area (Å²) in [6.07, 6.45) is 3.88. The zero-order valence-corrected chi connectivity index (χ0v) is 13.6. The van der Waals surface area contributed by atoms with E-state index in [-0.39, 0.29) is 17.9 Å². The molecule has 1 N–H and O–H groups in total. The molecule has 0 bridgehead atoms. The third kappa shape index (κ3) is 5.02. The largest absolute Gasteiger partial charge is 0.465 e. The number of para-hydroxylation sites is 1. The maximum absolute atomic E-state index is 11.5. The van der Waals surface area contributed by atoms with Crippen LogP contribution in [0.1, 0.15) is 33.6 Å². The Morgan fingerprint density at radius 2 is 2.00 bits per heavy atom. The Hall–Kier alpha value is -2.10. The molecule has 0 spiro atoms. The van der Waals surface area contributed by atoms with E-state index in [4.69, 9.17) is 4.74 Å². The number of carbonyl (C=O) groups excluding carboxylic acids is 1. The van der Waals surface area contributed by atoms with Gasteiger partial charge in [0.1, 0.15) is 6.54 Å². The molecule has 1 aliphatic carbocycles. The average molecular weight is 300 g/mol. The number of hydrogen-bond donors (Lipinski definition) is 1. The Bertz CT molecular complexity index is 574. The minimum Gasteiger partial charge on any atom is -0.465 e. The van der Waals surface area contributed by atoms with E-state index in [1.54, 1.807) is 6.92 Å². The van der Waals surface area contributed by atoms with E-state index in [0.717, 1.165) is 29.9 Å². The summed E-state index contributed by atoms with van der Waals surface area (Å²) >= 11 is 0. The highest BCUT2D eigenvalue weighted by Crippen LogP contribution is 2.34. The first-order chi connectivity index (χ1) is 10.5. The van der Waals surface area contributed by atoms with Crippen LogP contribution in [-0.2, 0) is 9.53 Å². The van der Waals surface area contributed by atoms with E-state index < -0.39 is 0 Å². The molecule has 1 aromatic carbocycles.